The number of furan rings is 1. The maximum atomic E-state index is 11.3. The van der Waals surface area contributed by atoms with Gasteiger partial charge in [0.2, 0.25) is 5.76 Å². The van der Waals surface area contributed by atoms with Gasteiger partial charge in [0.25, 0.3) is 0 Å². The van der Waals surface area contributed by atoms with Crippen molar-refractivity contribution in [2.75, 3.05) is 7.11 Å². The molecule has 0 aliphatic heterocycles. The van der Waals surface area contributed by atoms with Gasteiger partial charge in [-0.05, 0) is 12.1 Å². The molecule has 0 aliphatic rings. The number of benzene rings is 1. The average Bonchev–Trinajstić information content (AvgIpc) is 2.55. The lowest BCUT2D eigenvalue weighted by Crippen LogP contribution is -1.92. The molecule has 0 saturated heterocycles. The summed E-state index contributed by atoms with van der Waals surface area (Å²) in [7, 11) is 1.51. The Morgan fingerprint density at radius 2 is 2.20 bits per heavy atom. The average molecular weight is 225 g/mol. The molecule has 78 valence electrons. The maximum Gasteiger partial charge on any atom is 0.212 e. The summed E-state index contributed by atoms with van der Waals surface area (Å²) in [6.45, 7) is 1.43. The highest BCUT2D eigenvalue weighted by atomic mass is 35.5. The number of hydrogen-bond acceptors (Lipinski definition) is 3. The van der Waals surface area contributed by atoms with Crippen LogP contribution in [0.15, 0.2) is 22.6 Å². The van der Waals surface area contributed by atoms with Gasteiger partial charge in [0.15, 0.2) is 11.5 Å². The molecule has 1 aromatic carbocycles. The van der Waals surface area contributed by atoms with Gasteiger partial charge in [-0.25, -0.2) is 0 Å². The van der Waals surface area contributed by atoms with Crippen LogP contribution in [0.1, 0.15) is 17.5 Å². The van der Waals surface area contributed by atoms with E-state index in [1.807, 2.05) is 0 Å². The van der Waals surface area contributed by atoms with Crippen LogP contribution in [-0.2, 0) is 0 Å². The Bertz CT molecular complexity index is 528. The third-order valence-corrected chi connectivity index (χ3v) is 2.37. The topological polar surface area (TPSA) is 39.4 Å². The highest BCUT2D eigenvalue weighted by Gasteiger charge is 2.18. The molecule has 2 rings (SSSR count). The van der Waals surface area contributed by atoms with Gasteiger partial charge in [-0.15, -0.1) is 0 Å². The van der Waals surface area contributed by atoms with Crippen molar-refractivity contribution < 1.29 is 13.9 Å². The number of methoxy groups -OCH3 is 1. The Labute approximate surface area is 91.6 Å². The first kappa shape index (κ1) is 10.1. The minimum Gasteiger partial charge on any atom is -0.492 e. The third-order valence-electron chi connectivity index (χ3n) is 2.13. The number of halogens is 1. The molecule has 0 bridgehead atoms. The molecule has 0 fully saturated rings. The van der Waals surface area contributed by atoms with Crippen molar-refractivity contribution in [3.05, 3.63) is 29.0 Å². The number of carbonyl (C=O) groups is 1. The monoisotopic (exact) mass is 224 g/mol. The number of Topliss-reactive ketones (excluding diaryl/α,β-unsaturated/α-hetero) is 1. The fourth-order valence-electron chi connectivity index (χ4n) is 1.48. The van der Waals surface area contributed by atoms with Crippen LogP contribution in [-0.4, -0.2) is 12.9 Å². The second-order valence-corrected chi connectivity index (χ2v) is 3.60. The molecule has 0 amide bonds. The Hall–Kier alpha value is -1.48. The molecule has 0 radical (unpaired) electrons. The van der Waals surface area contributed by atoms with E-state index >= 15 is 0 Å². The number of rotatable bonds is 2. The van der Waals surface area contributed by atoms with Gasteiger partial charge >= 0.3 is 0 Å². The molecular formula is C11H9ClO3. The van der Waals surface area contributed by atoms with Gasteiger partial charge in [-0.3, -0.25) is 4.79 Å². The zero-order chi connectivity index (χ0) is 11.0. The van der Waals surface area contributed by atoms with Crippen LogP contribution in [0.2, 0.25) is 5.02 Å². The van der Waals surface area contributed by atoms with Crippen LogP contribution < -0.4 is 4.74 Å². The summed E-state index contributed by atoms with van der Waals surface area (Å²) in [6, 6.07) is 5.16. The summed E-state index contributed by atoms with van der Waals surface area (Å²) < 4.78 is 10.5. The first-order valence-electron chi connectivity index (χ1n) is 4.40. The Morgan fingerprint density at radius 3 is 2.80 bits per heavy atom. The second-order valence-electron chi connectivity index (χ2n) is 3.16. The van der Waals surface area contributed by atoms with Crippen molar-refractivity contribution in [2.24, 2.45) is 0 Å². The third kappa shape index (κ3) is 1.59. The van der Waals surface area contributed by atoms with Crippen molar-refractivity contribution >= 4 is 28.4 Å². The van der Waals surface area contributed by atoms with E-state index in [0.717, 1.165) is 5.39 Å². The molecular weight excluding hydrogens is 216 g/mol. The molecule has 2 aromatic rings. The predicted octanol–water partition coefficient (Wildman–Crippen LogP) is 3.30. The molecule has 3 nitrogen and oxygen atoms in total. The van der Waals surface area contributed by atoms with E-state index in [1.165, 1.54) is 14.0 Å². The number of carbonyl (C=O) groups excluding carboxylic acids is 1. The predicted molar refractivity (Wildman–Crippen MR) is 57.8 cm³/mol. The first-order valence-corrected chi connectivity index (χ1v) is 4.78. The molecule has 0 atom stereocenters. The van der Waals surface area contributed by atoms with Gasteiger partial charge in [0, 0.05) is 18.0 Å². The zero-order valence-corrected chi connectivity index (χ0v) is 9.09. The summed E-state index contributed by atoms with van der Waals surface area (Å²) in [5.41, 5.74) is 0.560. The van der Waals surface area contributed by atoms with Crippen LogP contribution in [0.4, 0.5) is 0 Å². The van der Waals surface area contributed by atoms with Gasteiger partial charge in [0.05, 0.1) is 12.5 Å². The van der Waals surface area contributed by atoms with Crippen LogP contribution in [0.25, 0.3) is 11.0 Å². The summed E-state index contributed by atoms with van der Waals surface area (Å²) in [5.74, 6) is 0.531. The van der Waals surface area contributed by atoms with E-state index in [1.54, 1.807) is 18.2 Å². The molecule has 0 aliphatic carbocycles. The molecule has 1 heterocycles. The van der Waals surface area contributed by atoms with Crippen LogP contribution in [0, 0.1) is 0 Å². The van der Waals surface area contributed by atoms with Gasteiger partial charge in [0.1, 0.15) is 5.58 Å². The van der Waals surface area contributed by atoms with Crippen LogP contribution >= 0.6 is 11.6 Å². The number of ketones is 1. The highest BCUT2D eigenvalue weighted by molar-refractivity contribution is 6.31. The van der Waals surface area contributed by atoms with E-state index < -0.39 is 0 Å². The standard InChI is InChI=1S/C11H9ClO3/c1-6(13)10-11(14-2)8-4-3-7(12)5-9(8)15-10/h3-5H,1-2H3. The van der Waals surface area contributed by atoms with Crippen molar-refractivity contribution in [3.8, 4) is 5.75 Å². The minimum atomic E-state index is -0.167. The van der Waals surface area contributed by atoms with Gasteiger partial charge < -0.3 is 9.15 Å². The van der Waals surface area contributed by atoms with Gasteiger partial charge in [-0.1, -0.05) is 11.6 Å². The van der Waals surface area contributed by atoms with Crippen molar-refractivity contribution in [3.63, 3.8) is 0 Å². The van der Waals surface area contributed by atoms with Crippen LogP contribution in [0.3, 0.4) is 0 Å². The Morgan fingerprint density at radius 1 is 1.47 bits per heavy atom. The maximum absolute atomic E-state index is 11.3. The number of ether oxygens (including phenoxy) is 1. The summed E-state index contributed by atoms with van der Waals surface area (Å²) >= 11 is 5.82. The molecule has 0 N–H and O–H groups in total. The lowest BCUT2D eigenvalue weighted by Gasteiger charge is -1.96. The normalized spacial score (nSPS) is 10.6. The van der Waals surface area contributed by atoms with E-state index in [0.29, 0.717) is 16.4 Å². The summed E-state index contributed by atoms with van der Waals surface area (Å²) in [4.78, 5) is 11.3. The molecule has 1 aromatic heterocycles. The summed E-state index contributed by atoms with van der Waals surface area (Å²) in [6.07, 6.45) is 0. The van der Waals surface area contributed by atoms with E-state index in [-0.39, 0.29) is 11.5 Å². The fourth-order valence-corrected chi connectivity index (χ4v) is 1.64. The van der Waals surface area contributed by atoms with Crippen molar-refractivity contribution in [2.45, 2.75) is 6.92 Å². The number of fused-ring (bicyclic) bond motifs is 1. The Balaban J connectivity index is 2.78. The van der Waals surface area contributed by atoms with Crippen molar-refractivity contribution in [1.29, 1.82) is 0 Å². The SMILES string of the molecule is COc1c(C(C)=O)oc2cc(Cl)ccc12. The first-order chi connectivity index (χ1) is 7.13. The molecule has 0 spiro atoms. The largest absolute Gasteiger partial charge is 0.492 e. The molecule has 4 heteroatoms. The van der Waals surface area contributed by atoms with E-state index in [4.69, 9.17) is 20.8 Å². The number of hydrogen-bond donors (Lipinski definition) is 0. The van der Waals surface area contributed by atoms with Gasteiger partial charge in [-0.2, -0.15) is 0 Å². The smallest absolute Gasteiger partial charge is 0.212 e. The second kappa shape index (κ2) is 3.59. The Kier molecular flexibility index (Phi) is 2.40. The lowest BCUT2D eigenvalue weighted by molar-refractivity contribution is 0.0985. The van der Waals surface area contributed by atoms with E-state index in [2.05, 4.69) is 0 Å². The molecule has 15 heavy (non-hydrogen) atoms. The van der Waals surface area contributed by atoms with Crippen molar-refractivity contribution in [1.82, 2.24) is 0 Å². The lowest BCUT2D eigenvalue weighted by atomic mass is 10.2. The fraction of sp³-hybridized carbons (Fsp3) is 0.182. The molecule has 0 saturated carbocycles. The quantitative estimate of drug-likeness (QED) is 0.735. The minimum absolute atomic E-state index is 0.167. The van der Waals surface area contributed by atoms with Crippen LogP contribution in [0.5, 0.6) is 5.75 Å². The highest BCUT2D eigenvalue weighted by Crippen LogP contribution is 2.34. The molecule has 0 unspecified atom stereocenters. The zero-order valence-electron chi connectivity index (χ0n) is 8.33. The summed E-state index contributed by atoms with van der Waals surface area (Å²) in [5, 5.41) is 1.32. The van der Waals surface area contributed by atoms with E-state index in [9.17, 15) is 4.79 Å².